The van der Waals surface area contributed by atoms with Crippen LogP contribution in [0.1, 0.15) is 23.5 Å². The lowest BCUT2D eigenvalue weighted by molar-refractivity contribution is 0.300. The van der Waals surface area contributed by atoms with Crippen molar-refractivity contribution in [2.24, 2.45) is 0 Å². The number of unbranched alkanes of at least 4 members (excludes halogenated alkanes) is 1. The highest BCUT2D eigenvalue weighted by molar-refractivity contribution is 7.98. The van der Waals surface area contributed by atoms with Crippen LogP contribution >= 0.6 is 34.7 Å². The van der Waals surface area contributed by atoms with Gasteiger partial charge in [0.2, 0.25) is 0 Å². The Bertz CT molecular complexity index is 530. The smallest absolute Gasteiger partial charge is 0.132 e. The first-order valence-electron chi connectivity index (χ1n) is 6.58. The van der Waals surface area contributed by atoms with Crippen molar-refractivity contribution in [1.29, 1.82) is 0 Å². The van der Waals surface area contributed by atoms with E-state index in [-0.39, 0.29) is 0 Å². The average molecular weight is 328 g/mol. The summed E-state index contributed by atoms with van der Waals surface area (Å²) < 4.78 is 5.83. The molecule has 1 aromatic heterocycles. The Hall–Kier alpha value is -0.710. The standard InChI is InChI=1S/C15H18ClNOS2/c1-19-14-7-3-2-6-13(14)18-9-5-4-8-15-17-12(10-16)11-20-15/h2-3,6-7,11H,4-5,8-10H2,1H3. The number of halogens is 1. The molecule has 0 amide bonds. The van der Waals surface area contributed by atoms with E-state index in [0.717, 1.165) is 37.3 Å². The van der Waals surface area contributed by atoms with Crippen molar-refractivity contribution in [3.8, 4) is 5.75 Å². The van der Waals surface area contributed by atoms with E-state index in [0.29, 0.717) is 5.88 Å². The van der Waals surface area contributed by atoms with Gasteiger partial charge < -0.3 is 4.74 Å². The maximum atomic E-state index is 5.83. The monoisotopic (exact) mass is 327 g/mol. The number of ether oxygens (including phenoxy) is 1. The highest BCUT2D eigenvalue weighted by atomic mass is 35.5. The van der Waals surface area contributed by atoms with Gasteiger partial charge in [0.1, 0.15) is 5.75 Å². The van der Waals surface area contributed by atoms with Crippen LogP contribution in [-0.2, 0) is 12.3 Å². The van der Waals surface area contributed by atoms with Crippen molar-refractivity contribution in [2.45, 2.75) is 30.0 Å². The summed E-state index contributed by atoms with van der Waals surface area (Å²) in [4.78, 5) is 5.65. The van der Waals surface area contributed by atoms with E-state index in [2.05, 4.69) is 17.3 Å². The van der Waals surface area contributed by atoms with Crippen LogP contribution in [0.25, 0.3) is 0 Å². The molecule has 20 heavy (non-hydrogen) atoms. The van der Waals surface area contributed by atoms with Crippen LogP contribution in [0.3, 0.4) is 0 Å². The van der Waals surface area contributed by atoms with E-state index in [1.54, 1.807) is 23.1 Å². The lowest BCUT2D eigenvalue weighted by atomic mass is 10.2. The molecule has 1 aromatic carbocycles. The molecule has 0 aliphatic rings. The van der Waals surface area contributed by atoms with E-state index >= 15 is 0 Å². The Morgan fingerprint density at radius 3 is 2.90 bits per heavy atom. The molecule has 1 heterocycles. The summed E-state index contributed by atoms with van der Waals surface area (Å²) in [6.07, 6.45) is 5.21. The fourth-order valence-electron chi connectivity index (χ4n) is 1.82. The first-order valence-corrected chi connectivity index (χ1v) is 9.22. The van der Waals surface area contributed by atoms with Crippen molar-refractivity contribution in [3.63, 3.8) is 0 Å². The molecule has 0 N–H and O–H groups in total. The number of thiazole rings is 1. The van der Waals surface area contributed by atoms with Gasteiger partial charge in [0.25, 0.3) is 0 Å². The van der Waals surface area contributed by atoms with Crippen LogP contribution < -0.4 is 4.74 Å². The molecular weight excluding hydrogens is 310 g/mol. The number of thioether (sulfide) groups is 1. The van der Waals surface area contributed by atoms with Crippen LogP contribution in [0.4, 0.5) is 0 Å². The topological polar surface area (TPSA) is 22.1 Å². The third kappa shape index (κ3) is 4.69. The van der Waals surface area contributed by atoms with Crippen LogP contribution in [-0.4, -0.2) is 17.8 Å². The number of nitrogens with zero attached hydrogens (tertiary/aromatic N) is 1. The highest BCUT2D eigenvalue weighted by Crippen LogP contribution is 2.27. The summed E-state index contributed by atoms with van der Waals surface area (Å²) in [7, 11) is 0. The summed E-state index contributed by atoms with van der Waals surface area (Å²) in [5, 5.41) is 3.21. The number of benzene rings is 1. The molecule has 0 atom stereocenters. The number of hydrogen-bond acceptors (Lipinski definition) is 4. The van der Waals surface area contributed by atoms with Gasteiger partial charge in [0.15, 0.2) is 0 Å². The van der Waals surface area contributed by atoms with Gasteiger partial charge in [-0.25, -0.2) is 4.98 Å². The SMILES string of the molecule is CSc1ccccc1OCCCCc1nc(CCl)cs1. The predicted octanol–water partition coefficient (Wildman–Crippen LogP) is 5.01. The fourth-order valence-corrected chi connectivity index (χ4v) is 3.44. The molecule has 108 valence electrons. The molecule has 0 aliphatic heterocycles. The first-order chi connectivity index (χ1) is 9.83. The minimum absolute atomic E-state index is 0.505. The van der Waals surface area contributed by atoms with E-state index < -0.39 is 0 Å². The minimum atomic E-state index is 0.505. The summed E-state index contributed by atoms with van der Waals surface area (Å²) in [6.45, 7) is 0.755. The molecule has 2 nitrogen and oxygen atoms in total. The van der Waals surface area contributed by atoms with Crippen LogP contribution in [0, 0.1) is 0 Å². The molecule has 0 unspecified atom stereocenters. The van der Waals surface area contributed by atoms with Crippen molar-refractivity contribution in [3.05, 3.63) is 40.3 Å². The largest absolute Gasteiger partial charge is 0.492 e. The summed E-state index contributed by atoms with van der Waals surface area (Å²) >= 11 is 9.15. The summed E-state index contributed by atoms with van der Waals surface area (Å²) in [5.41, 5.74) is 0.983. The van der Waals surface area contributed by atoms with Gasteiger partial charge in [0.05, 0.1) is 23.2 Å². The number of hydrogen-bond donors (Lipinski definition) is 0. The third-order valence-electron chi connectivity index (χ3n) is 2.85. The highest BCUT2D eigenvalue weighted by Gasteiger charge is 2.03. The molecule has 2 aromatic rings. The zero-order chi connectivity index (χ0) is 14.2. The van der Waals surface area contributed by atoms with Gasteiger partial charge in [-0.15, -0.1) is 34.7 Å². The van der Waals surface area contributed by atoms with E-state index in [1.165, 1.54) is 9.90 Å². The molecule has 0 fully saturated rings. The second-order valence-electron chi connectivity index (χ2n) is 4.32. The van der Waals surface area contributed by atoms with Gasteiger partial charge >= 0.3 is 0 Å². The van der Waals surface area contributed by atoms with Crippen molar-refractivity contribution in [1.82, 2.24) is 4.98 Å². The van der Waals surface area contributed by atoms with E-state index in [1.807, 2.05) is 23.6 Å². The zero-order valence-electron chi connectivity index (χ0n) is 11.5. The predicted molar refractivity (Wildman–Crippen MR) is 88.3 cm³/mol. The molecule has 2 rings (SSSR count). The number of alkyl halides is 1. The van der Waals surface area contributed by atoms with Gasteiger partial charge in [-0.2, -0.15) is 0 Å². The Balaban J connectivity index is 1.68. The molecular formula is C15H18ClNOS2. The second-order valence-corrected chi connectivity index (χ2v) is 6.38. The van der Waals surface area contributed by atoms with Crippen LogP contribution in [0.5, 0.6) is 5.75 Å². The Morgan fingerprint density at radius 1 is 1.30 bits per heavy atom. The first kappa shape index (κ1) is 15.7. The number of aryl methyl sites for hydroxylation is 1. The average Bonchev–Trinajstić information content (AvgIpc) is 2.95. The number of rotatable bonds is 8. The Kier molecular flexibility index (Phi) is 6.70. The molecule has 0 saturated heterocycles. The lowest BCUT2D eigenvalue weighted by Gasteiger charge is -2.09. The van der Waals surface area contributed by atoms with E-state index in [9.17, 15) is 0 Å². The van der Waals surface area contributed by atoms with Crippen molar-refractivity contribution >= 4 is 34.7 Å². The molecule has 0 saturated carbocycles. The van der Waals surface area contributed by atoms with Gasteiger partial charge in [0, 0.05) is 10.3 Å². The van der Waals surface area contributed by atoms with Gasteiger partial charge in [-0.3, -0.25) is 0 Å². The second kappa shape index (κ2) is 8.55. The van der Waals surface area contributed by atoms with Gasteiger partial charge in [-0.05, 0) is 37.7 Å². The maximum Gasteiger partial charge on any atom is 0.132 e. The number of aromatic nitrogens is 1. The van der Waals surface area contributed by atoms with Crippen molar-refractivity contribution < 1.29 is 4.74 Å². The summed E-state index contributed by atoms with van der Waals surface area (Å²) in [6, 6.07) is 8.16. The molecule has 5 heteroatoms. The lowest BCUT2D eigenvalue weighted by Crippen LogP contribution is -1.99. The number of para-hydroxylation sites is 1. The van der Waals surface area contributed by atoms with Crippen LogP contribution in [0.2, 0.25) is 0 Å². The zero-order valence-corrected chi connectivity index (χ0v) is 13.9. The molecule has 0 aliphatic carbocycles. The quantitative estimate of drug-likeness (QED) is 0.387. The fraction of sp³-hybridized carbons (Fsp3) is 0.400. The molecule has 0 spiro atoms. The van der Waals surface area contributed by atoms with Crippen molar-refractivity contribution in [2.75, 3.05) is 12.9 Å². The van der Waals surface area contributed by atoms with E-state index in [4.69, 9.17) is 16.3 Å². The van der Waals surface area contributed by atoms with Crippen LogP contribution in [0.15, 0.2) is 34.5 Å². The summed E-state index contributed by atoms with van der Waals surface area (Å²) in [5.74, 6) is 1.49. The Morgan fingerprint density at radius 2 is 2.15 bits per heavy atom. The molecule has 0 bridgehead atoms. The third-order valence-corrected chi connectivity index (χ3v) is 4.86. The molecule has 0 radical (unpaired) electrons. The Labute approximate surface area is 133 Å². The normalized spacial score (nSPS) is 10.7. The van der Waals surface area contributed by atoms with Gasteiger partial charge in [-0.1, -0.05) is 12.1 Å². The minimum Gasteiger partial charge on any atom is -0.492 e. The maximum absolute atomic E-state index is 5.83.